The van der Waals surface area contributed by atoms with Crippen molar-refractivity contribution in [1.82, 2.24) is 15.0 Å². The Bertz CT molecular complexity index is 769. The van der Waals surface area contributed by atoms with Crippen LogP contribution in [0.3, 0.4) is 0 Å². The minimum absolute atomic E-state index is 0.0120. The lowest BCUT2D eigenvalue weighted by atomic mass is 10.1. The number of carbonyl (C=O) groups excluding carboxylic acids is 2. The molecule has 1 aliphatic heterocycles. The van der Waals surface area contributed by atoms with Crippen LogP contribution in [-0.4, -0.2) is 33.4 Å². The van der Waals surface area contributed by atoms with Crippen molar-refractivity contribution in [2.75, 3.05) is 17.2 Å². The summed E-state index contributed by atoms with van der Waals surface area (Å²) in [5.74, 6) is 0.681. The van der Waals surface area contributed by atoms with Crippen LogP contribution in [0.15, 0.2) is 24.4 Å². The summed E-state index contributed by atoms with van der Waals surface area (Å²) in [6, 6.07) is 5.57. The molecule has 2 heterocycles. The molecule has 2 aromatic rings. The minimum Gasteiger partial charge on any atom is -0.493 e. The Labute approximate surface area is 139 Å². The van der Waals surface area contributed by atoms with Crippen LogP contribution < -0.4 is 15.4 Å². The van der Waals surface area contributed by atoms with Gasteiger partial charge in [0.25, 0.3) is 0 Å². The number of fused-ring (bicyclic) bond motifs is 1. The number of nitrogens with zero attached hydrogens (tertiary/aromatic N) is 3. The number of carbonyl (C=O) groups is 2. The molecule has 0 radical (unpaired) electrons. The van der Waals surface area contributed by atoms with Crippen LogP contribution in [0, 0.1) is 5.92 Å². The highest BCUT2D eigenvalue weighted by molar-refractivity contribution is 5.92. The lowest BCUT2D eigenvalue weighted by Crippen LogP contribution is -2.19. The quantitative estimate of drug-likeness (QED) is 0.865. The zero-order valence-electron chi connectivity index (χ0n) is 13.6. The van der Waals surface area contributed by atoms with Crippen molar-refractivity contribution in [2.45, 2.75) is 26.8 Å². The maximum absolute atomic E-state index is 12.1. The van der Waals surface area contributed by atoms with Gasteiger partial charge in [-0.2, -0.15) is 0 Å². The van der Waals surface area contributed by atoms with Crippen molar-refractivity contribution in [3.63, 3.8) is 0 Å². The Hall–Kier alpha value is -2.90. The van der Waals surface area contributed by atoms with Gasteiger partial charge in [0.05, 0.1) is 12.8 Å². The van der Waals surface area contributed by atoms with Crippen LogP contribution >= 0.6 is 0 Å². The number of benzene rings is 1. The van der Waals surface area contributed by atoms with Gasteiger partial charge in [0.2, 0.25) is 11.8 Å². The first-order valence-electron chi connectivity index (χ1n) is 7.78. The van der Waals surface area contributed by atoms with Gasteiger partial charge in [0, 0.05) is 18.0 Å². The molecule has 126 valence electrons. The molecule has 2 N–H and O–H groups in total. The summed E-state index contributed by atoms with van der Waals surface area (Å²) in [5, 5.41) is 13.1. The number of ether oxygens (including phenoxy) is 1. The van der Waals surface area contributed by atoms with E-state index in [9.17, 15) is 9.59 Å². The van der Waals surface area contributed by atoms with Gasteiger partial charge < -0.3 is 15.4 Å². The summed E-state index contributed by atoms with van der Waals surface area (Å²) in [6.07, 6.45) is 2.37. The topological polar surface area (TPSA) is 98.1 Å². The van der Waals surface area contributed by atoms with Crippen molar-refractivity contribution >= 4 is 23.3 Å². The predicted octanol–water partition coefficient (Wildman–Crippen LogP) is 1.45. The van der Waals surface area contributed by atoms with E-state index >= 15 is 0 Å². The van der Waals surface area contributed by atoms with E-state index < -0.39 is 0 Å². The number of aromatic nitrogens is 3. The maximum Gasteiger partial charge on any atom is 0.246 e. The van der Waals surface area contributed by atoms with Crippen LogP contribution in [0.1, 0.15) is 19.4 Å². The van der Waals surface area contributed by atoms with E-state index in [2.05, 4.69) is 20.9 Å². The molecule has 0 atom stereocenters. The number of anilines is 2. The van der Waals surface area contributed by atoms with Crippen molar-refractivity contribution in [1.29, 1.82) is 0 Å². The van der Waals surface area contributed by atoms with E-state index in [1.54, 1.807) is 19.9 Å². The second-order valence-corrected chi connectivity index (χ2v) is 5.91. The molecule has 0 unspecified atom stereocenters. The number of hydrogen-bond donors (Lipinski definition) is 2. The first kappa shape index (κ1) is 16.0. The lowest BCUT2D eigenvalue weighted by Gasteiger charge is -2.06. The zero-order valence-corrected chi connectivity index (χ0v) is 13.6. The molecule has 1 aromatic heterocycles. The molecule has 2 amide bonds. The van der Waals surface area contributed by atoms with Gasteiger partial charge in [-0.15, -0.1) is 5.10 Å². The molecule has 8 nitrogen and oxygen atoms in total. The molecular formula is C16H19N5O3. The summed E-state index contributed by atoms with van der Waals surface area (Å²) in [5.41, 5.74) is 1.81. The van der Waals surface area contributed by atoms with E-state index in [1.165, 1.54) is 10.9 Å². The van der Waals surface area contributed by atoms with Gasteiger partial charge in [-0.3, -0.25) is 9.59 Å². The van der Waals surface area contributed by atoms with Crippen LogP contribution in [0.4, 0.5) is 11.5 Å². The molecule has 3 rings (SSSR count). The highest BCUT2D eigenvalue weighted by atomic mass is 16.5. The molecule has 1 aliphatic rings. The Kier molecular flexibility index (Phi) is 4.45. The maximum atomic E-state index is 12.1. The normalized spacial score (nSPS) is 12.6. The Balaban J connectivity index is 1.57. The molecule has 24 heavy (non-hydrogen) atoms. The molecule has 1 aromatic carbocycles. The fourth-order valence-corrected chi connectivity index (χ4v) is 2.32. The third-order valence-electron chi connectivity index (χ3n) is 3.59. The molecule has 0 fully saturated rings. The Morgan fingerprint density at radius 3 is 2.96 bits per heavy atom. The summed E-state index contributed by atoms with van der Waals surface area (Å²) >= 11 is 0. The van der Waals surface area contributed by atoms with Gasteiger partial charge in [0.15, 0.2) is 5.82 Å². The van der Waals surface area contributed by atoms with E-state index in [0.29, 0.717) is 12.4 Å². The average molecular weight is 329 g/mol. The van der Waals surface area contributed by atoms with Crippen LogP contribution in [0.25, 0.3) is 0 Å². The zero-order chi connectivity index (χ0) is 17.1. The molecule has 8 heteroatoms. The lowest BCUT2D eigenvalue weighted by molar-refractivity contribution is -0.119. The van der Waals surface area contributed by atoms with Crippen molar-refractivity contribution < 1.29 is 14.3 Å². The summed E-state index contributed by atoms with van der Waals surface area (Å²) in [7, 11) is 0. The molecule has 0 aliphatic carbocycles. The SMILES string of the molecule is CC(C)C(=O)Nc1cn(CC(=O)Nc2ccc3c(c2)CCO3)nn1. The van der Waals surface area contributed by atoms with Gasteiger partial charge in [0.1, 0.15) is 12.3 Å². The number of rotatable bonds is 5. The molecule has 0 saturated carbocycles. The summed E-state index contributed by atoms with van der Waals surface area (Å²) in [4.78, 5) is 23.7. The first-order valence-corrected chi connectivity index (χ1v) is 7.78. The molecule has 0 spiro atoms. The van der Waals surface area contributed by atoms with E-state index in [-0.39, 0.29) is 24.3 Å². The standard InChI is InChI=1S/C16H19N5O3/c1-10(2)16(23)18-14-8-21(20-19-14)9-15(22)17-12-3-4-13-11(7-12)5-6-24-13/h3-4,7-8,10H,5-6,9H2,1-2H3,(H,17,22)(H,18,23). The molecule has 0 saturated heterocycles. The Morgan fingerprint density at radius 1 is 1.33 bits per heavy atom. The Morgan fingerprint density at radius 2 is 2.17 bits per heavy atom. The van der Waals surface area contributed by atoms with Gasteiger partial charge in [-0.1, -0.05) is 19.1 Å². The van der Waals surface area contributed by atoms with Gasteiger partial charge >= 0.3 is 0 Å². The summed E-state index contributed by atoms with van der Waals surface area (Å²) < 4.78 is 6.81. The molecule has 0 bridgehead atoms. The van der Waals surface area contributed by atoms with Gasteiger partial charge in [-0.25, -0.2) is 4.68 Å². The van der Waals surface area contributed by atoms with Crippen molar-refractivity contribution in [3.05, 3.63) is 30.0 Å². The monoisotopic (exact) mass is 329 g/mol. The number of amides is 2. The van der Waals surface area contributed by atoms with Crippen LogP contribution in [0.2, 0.25) is 0 Å². The second kappa shape index (κ2) is 6.69. The van der Waals surface area contributed by atoms with Crippen LogP contribution in [-0.2, 0) is 22.6 Å². The van der Waals surface area contributed by atoms with E-state index in [1.807, 2.05) is 12.1 Å². The fourth-order valence-electron chi connectivity index (χ4n) is 2.32. The highest BCUT2D eigenvalue weighted by Gasteiger charge is 2.14. The number of nitrogens with one attached hydrogen (secondary N) is 2. The summed E-state index contributed by atoms with van der Waals surface area (Å²) in [6.45, 7) is 4.26. The molecular weight excluding hydrogens is 310 g/mol. The third-order valence-corrected chi connectivity index (χ3v) is 3.59. The smallest absolute Gasteiger partial charge is 0.246 e. The van der Waals surface area contributed by atoms with E-state index in [0.717, 1.165) is 23.4 Å². The van der Waals surface area contributed by atoms with E-state index in [4.69, 9.17) is 4.74 Å². The number of hydrogen-bond acceptors (Lipinski definition) is 5. The van der Waals surface area contributed by atoms with Crippen molar-refractivity contribution in [2.24, 2.45) is 5.92 Å². The van der Waals surface area contributed by atoms with Crippen LogP contribution in [0.5, 0.6) is 5.75 Å². The first-order chi connectivity index (χ1) is 11.5. The van der Waals surface area contributed by atoms with Gasteiger partial charge in [-0.05, 0) is 23.8 Å². The minimum atomic E-state index is -0.222. The predicted molar refractivity (Wildman–Crippen MR) is 87.8 cm³/mol. The van der Waals surface area contributed by atoms with Crippen molar-refractivity contribution in [3.8, 4) is 5.75 Å². The fraction of sp³-hybridized carbons (Fsp3) is 0.375. The third kappa shape index (κ3) is 3.70. The highest BCUT2D eigenvalue weighted by Crippen LogP contribution is 2.27. The average Bonchev–Trinajstić information content (AvgIpc) is 3.15. The largest absolute Gasteiger partial charge is 0.493 e. The second-order valence-electron chi connectivity index (χ2n) is 5.91.